The van der Waals surface area contributed by atoms with Gasteiger partial charge in [-0.2, -0.15) is 0 Å². The lowest BCUT2D eigenvalue weighted by Crippen LogP contribution is -2.47. The zero-order valence-corrected chi connectivity index (χ0v) is 12.4. The van der Waals surface area contributed by atoms with Crippen LogP contribution in [0.15, 0.2) is 12.1 Å². The molecular weight excluding hydrogens is 288 g/mol. The normalized spacial score (nSPS) is 29.5. The molecule has 3 rings (SSSR count). The quantitative estimate of drug-likeness (QED) is 0.717. The van der Waals surface area contributed by atoms with E-state index < -0.39 is 18.2 Å². The van der Waals surface area contributed by atoms with Crippen LogP contribution >= 0.6 is 0 Å². The van der Waals surface area contributed by atoms with Crippen LogP contribution in [0, 0.1) is 0 Å². The minimum Gasteiger partial charge on any atom is -0.508 e. The molecule has 3 N–H and O–H groups in total. The summed E-state index contributed by atoms with van der Waals surface area (Å²) in [5.41, 5.74) is 0.529. The van der Waals surface area contributed by atoms with Gasteiger partial charge in [0.05, 0.1) is 12.2 Å². The first-order valence-electron chi connectivity index (χ1n) is 7.55. The highest BCUT2D eigenvalue weighted by Gasteiger charge is 2.38. The van der Waals surface area contributed by atoms with Crippen LogP contribution in [0.25, 0.3) is 0 Å². The van der Waals surface area contributed by atoms with Gasteiger partial charge in [0.2, 0.25) is 0 Å². The number of rotatable bonds is 2. The predicted molar refractivity (Wildman–Crippen MR) is 76.9 cm³/mol. The van der Waals surface area contributed by atoms with Gasteiger partial charge in [-0.05, 0) is 37.8 Å². The van der Waals surface area contributed by atoms with Gasteiger partial charge in [-0.3, -0.25) is 0 Å². The molecule has 4 atom stereocenters. The number of aliphatic hydroxyl groups excluding tert-OH is 1. The second kappa shape index (κ2) is 5.78. The van der Waals surface area contributed by atoms with Gasteiger partial charge < -0.3 is 24.8 Å². The van der Waals surface area contributed by atoms with Crippen LogP contribution in [-0.4, -0.2) is 45.7 Å². The van der Waals surface area contributed by atoms with Crippen molar-refractivity contribution >= 4 is 5.97 Å². The number of phenols is 2. The summed E-state index contributed by atoms with van der Waals surface area (Å²) in [6.07, 6.45) is 0.916. The molecule has 6 heteroatoms. The van der Waals surface area contributed by atoms with Crippen LogP contribution in [0.3, 0.4) is 0 Å². The smallest absolute Gasteiger partial charge is 0.342 e. The lowest BCUT2D eigenvalue weighted by atomic mass is 9.90. The molecule has 0 spiro atoms. The Hall–Kier alpha value is -1.79. The average Bonchev–Trinajstić information content (AvgIpc) is 2.45. The summed E-state index contributed by atoms with van der Waals surface area (Å²) in [4.78, 5) is 12.1. The number of carbonyl (C=O) groups is 1. The zero-order valence-electron chi connectivity index (χ0n) is 12.4. The first kappa shape index (κ1) is 15.1. The summed E-state index contributed by atoms with van der Waals surface area (Å²) in [6.45, 7) is 1.96. The van der Waals surface area contributed by atoms with Gasteiger partial charge in [0, 0.05) is 12.5 Å². The van der Waals surface area contributed by atoms with Crippen molar-refractivity contribution in [2.45, 2.75) is 57.0 Å². The van der Waals surface area contributed by atoms with Crippen LogP contribution < -0.4 is 0 Å². The number of esters is 1. The topological polar surface area (TPSA) is 96.2 Å². The second-order valence-corrected chi connectivity index (χ2v) is 6.05. The Morgan fingerprint density at radius 2 is 2.00 bits per heavy atom. The first-order chi connectivity index (χ1) is 10.5. The Morgan fingerprint density at radius 1 is 1.23 bits per heavy atom. The third-order valence-electron chi connectivity index (χ3n) is 4.34. The Morgan fingerprint density at radius 3 is 2.73 bits per heavy atom. The maximum atomic E-state index is 12.1. The van der Waals surface area contributed by atoms with Gasteiger partial charge in [0.15, 0.2) is 0 Å². The van der Waals surface area contributed by atoms with E-state index >= 15 is 0 Å². The number of cyclic esters (lactones) is 1. The number of fused-ring (bicyclic) bond motifs is 1. The Balaban J connectivity index is 1.81. The van der Waals surface area contributed by atoms with Gasteiger partial charge in [-0.1, -0.05) is 0 Å². The van der Waals surface area contributed by atoms with E-state index in [1.54, 1.807) is 0 Å². The number of benzene rings is 1. The fourth-order valence-electron chi connectivity index (χ4n) is 3.24. The van der Waals surface area contributed by atoms with E-state index in [-0.39, 0.29) is 35.7 Å². The molecule has 0 radical (unpaired) electrons. The average molecular weight is 308 g/mol. The molecule has 22 heavy (non-hydrogen) atoms. The molecule has 2 heterocycles. The lowest BCUT2D eigenvalue weighted by molar-refractivity contribution is -0.134. The van der Waals surface area contributed by atoms with E-state index in [4.69, 9.17) is 9.47 Å². The van der Waals surface area contributed by atoms with Gasteiger partial charge in [0.25, 0.3) is 0 Å². The minimum atomic E-state index is -0.927. The van der Waals surface area contributed by atoms with Crippen molar-refractivity contribution in [2.24, 2.45) is 0 Å². The van der Waals surface area contributed by atoms with Crippen molar-refractivity contribution in [3.63, 3.8) is 0 Å². The summed E-state index contributed by atoms with van der Waals surface area (Å²) >= 11 is 0. The maximum absolute atomic E-state index is 12.1. The van der Waals surface area contributed by atoms with Gasteiger partial charge in [-0.15, -0.1) is 0 Å². The van der Waals surface area contributed by atoms with Crippen molar-refractivity contribution in [3.05, 3.63) is 23.3 Å². The fourth-order valence-corrected chi connectivity index (χ4v) is 3.24. The molecule has 0 aliphatic carbocycles. The highest BCUT2D eigenvalue weighted by molar-refractivity contribution is 5.95. The molecule has 1 saturated heterocycles. The van der Waals surface area contributed by atoms with Gasteiger partial charge in [0.1, 0.15) is 29.3 Å². The SMILES string of the molecule is C[C@@H]1CCC[C@@H]([C@H](O)[C@@H]2Cc3cc(O)cc(O)c3C(=O)O2)O1. The third kappa shape index (κ3) is 2.76. The number of aliphatic hydroxyl groups is 1. The predicted octanol–water partition coefficient (Wildman–Crippen LogP) is 1.50. The van der Waals surface area contributed by atoms with E-state index in [2.05, 4.69) is 0 Å². The molecule has 0 bridgehead atoms. The highest BCUT2D eigenvalue weighted by atomic mass is 16.6. The maximum Gasteiger partial charge on any atom is 0.342 e. The standard InChI is InChI=1S/C16H20O6/c1-8-3-2-4-12(21-8)15(19)13-6-9-5-10(17)7-11(18)14(9)16(20)22-13/h5,7-8,12-13,15,17-19H,2-4,6H2,1H3/t8-,12+,13+,15+/m1/s1. The van der Waals surface area contributed by atoms with Crippen LogP contribution in [0.4, 0.5) is 0 Å². The summed E-state index contributed by atoms with van der Waals surface area (Å²) < 4.78 is 11.0. The van der Waals surface area contributed by atoms with Crippen molar-refractivity contribution in [3.8, 4) is 11.5 Å². The van der Waals surface area contributed by atoms with E-state index in [1.807, 2.05) is 6.92 Å². The van der Waals surface area contributed by atoms with Crippen molar-refractivity contribution in [1.29, 1.82) is 0 Å². The van der Waals surface area contributed by atoms with Crippen LogP contribution in [0.5, 0.6) is 11.5 Å². The molecule has 0 unspecified atom stereocenters. The van der Waals surface area contributed by atoms with Gasteiger partial charge in [-0.25, -0.2) is 4.79 Å². The van der Waals surface area contributed by atoms with Crippen molar-refractivity contribution in [1.82, 2.24) is 0 Å². The van der Waals surface area contributed by atoms with Crippen molar-refractivity contribution < 1.29 is 29.6 Å². The van der Waals surface area contributed by atoms with E-state index in [1.165, 1.54) is 6.07 Å². The number of hydrogen-bond donors (Lipinski definition) is 3. The molecule has 6 nitrogen and oxygen atoms in total. The van der Waals surface area contributed by atoms with E-state index in [0.29, 0.717) is 5.56 Å². The highest BCUT2D eigenvalue weighted by Crippen LogP contribution is 2.34. The second-order valence-electron chi connectivity index (χ2n) is 6.05. The van der Waals surface area contributed by atoms with Gasteiger partial charge >= 0.3 is 5.97 Å². The molecule has 2 aliphatic rings. The van der Waals surface area contributed by atoms with E-state index in [9.17, 15) is 20.1 Å². The zero-order chi connectivity index (χ0) is 15.9. The summed E-state index contributed by atoms with van der Waals surface area (Å²) in [5, 5.41) is 29.8. The molecule has 0 saturated carbocycles. The van der Waals surface area contributed by atoms with E-state index in [0.717, 1.165) is 25.3 Å². The Bertz CT molecular complexity index is 584. The number of phenolic OH excluding ortho intramolecular Hbond substituents is 2. The summed E-state index contributed by atoms with van der Waals surface area (Å²) in [7, 11) is 0. The molecule has 1 aromatic carbocycles. The molecule has 120 valence electrons. The number of carbonyl (C=O) groups excluding carboxylic acids is 1. The molecule has 1 aromatic rings. The fraction of sp³-hybridized carbons (Fsp3) is 0.562. The van der Waals surface area contributed by atoms with Crippen molar-refractivity contribution in [2.75, 3.05) is 0 Å². The number of hydrogen-bond acceptors (Lipinski definition) is 6. The van der Waals surface area contributed by atoms with Crippen LogP contribution in [0.1, 0.15) is 42.1 Å². The molecular formula is C16H20O6. The number of ether oxygens (including phenoxy) is 2. The third-order valence-corrected chi connectivity index (χ3v) is 4.34. The molecule has 2 aliphatic heterocycles. The Kier molecular flexibility index (Phi) is 3.97. The van der Waals surface area contributed by atoms with Crippen LogP contribution in [0.2, 0.25) is 0 Å². The molecule has 1 fully saturated rings. The molecule has 0 aromatic heterocycles. The largest absolute Gasteiger partial charge is 0.508 e. The monoisotopic (exact) mass is 308 g/mol. The van der Waals surface area contributed by atoms with Crippen LogP contribution in [-0.2, 0) is 15.9 Å². The summed E-state index contributed by atoms with van der Waals surface area (Å²) in [5.74, 6) is -1.12. The number of aromatic hydroxyl groups is 2. The Labute approximate surface area is 128 Å². The minimum absolute atomic E-state index is 0.0548. The first-order valence-corrected chi connectivity index (χ1v) is 7.55. The summed E-state index contributed by atoms with van der Waals surface area (Å²) in [6, 6.07) is 2.52. The lowest BCUT2D eigenvalue weighted by Gasteiger charge is -2.36. The molecule has 0 amide bonds.